The lowest BCUT2D eigenvalue weighted by Crippen LogP contribution is -2.10. The van der Waals surface area contributed by atoms with Crippen LogP contribution >= 0.6 is 23.1 Å². The van der Waals surface area contributed by atoms with Crippen LogP contribution in [0.25, 0.3) is 0 Å². The minimum absolute atomic E-state index is 0.138. The van der Waals surface area contributed by atoms with Gasteiger partial charge in [0.15, 0.2) is 4.34 Å². The molecule has 0 aliphatic rings. The lowest BCUT2D eigenvalue weighted by Gasteiger charge is -1.95. The molecule has 0 unspecified atom stereocenters. The highest BCUT2D eigenvalue weighted by molar-refractivity contribution is 8.01. The van der Waals surface area contributed by atoms with Gasteiger partial charge in [-0.1, -0.05) is 28.3 Å². The largest absolute Gasteiger partial charge is 0.384 e. The Morgan fingerprint density at radius 2 is 2.50 bits per heavy atom. The average Bonchev–Trinajstić information content (AvgIpc) is 3.00. The monoisotopic (exact) mass is 286 g/mol. The third kappa shape index (κ3) is 3.52. The number of carbonyl (C=O) groups excluding carboxylic acids is 1. The molecule has 0 bridgehead atoms. The smallest absolute Gasteiger partial charge is 0.296 e. The molecule has 0 aromatic carbocycles. The fourth-order valence-corrected chi connectivity index (χ4v) is 2.74. The van der Waals surface area contributed by atoms with Gasteiger partial charge in [0.2, 0.25) is 10.9 Å². The zero-order chi connectivity index (χ0) is 12.8. The Morgan fingerprint density at radius 1 is 1.61 bits per heavy atom. The molecule has 0 saturated carbocycles. The molecule has 1 N–H and O–H groups in total. The number of hydrogen-bond donors (Lipinski definition) is 1. The highest BCUT2D eigenvalue weighted by Gasteiger charge is 2.13. The molecule has 0 aliphatic heterocycles. The topological polar surface area (TPSA) is 90.1 Å². The van der Waals surface area contributed by atoms with E-state index in [0.29, 0.717) is 11.7 Å². The summed E-state index contributed by atoms with van der Waals surface area (Å²) in [5.41, 5.74) is 0. The van der Waals surface area contributed by atoms with Crippen molar-refractivity contribution in [2.75, 3.05) is 24.8 Å². The summed E-state index contributed by atoms with van der Waals surface area (Å²) < 4.78 is 10.4. The van der Waals surface area contributed by atoms with Gasteiger partial charge in [0.25, 0.3) is 5.91 Å². The van der Waals surface area contributed by atoms with Crippen molar-refractivity contribution < 1.29 is 14.1 Å². The molecular weight excluding hydrogens is 276 g/mol. The molecule has 0 saturated heterocycles. The summed E-state index contributed by atoms with van der Waals surface area (Å²) in [6.07, 6.45) is 1.40. The van der Waals surface area contributed by atoms with Gasteiger partial charge in [-0.3, -0.25) is 10.1 Å². The Morgan fingerprint density at radius 3 is 3.22 bits per heavy atom. The number of amides is 1. The van der Waals surface area contributed by atoms with Gasteiger partial charge in [0, 0.05) is 18.9 Å². The fraction of sp³-hybridized carbons (Fsp3) is 0.333. The number of nitrogens with zero attached hydrogens (tertiary/aromatic N) is 3. The van der Waals surface area contributed by atoms with Gasteiger partial charge in [-0.15, -0.1) is 10.2 Å². The van der Waals surface area contributed by atoms with E-state index < -0.39 is 5.91 Å². The lowest BCUT2D eigenvalue weighted by molar-refractivity contribution is 0.0988. The molecule has 1 amide bonds. The van der Waals surface area contributed by atoms with Gasteiger partial charge in [0.05, 0.1) is 12.8 Å². The fourth-order valence-electron chi connectivity index (χ4n) is 1.02. The van der Waals surface area contributed by atoms with E-state index in [1.54, 1.807) is 7.11 Å². The third-order valence-electron chi connectivity index (χ3n) is 1.80. The van der Waals surface area contributed by atoms with Gasteiger partial charge in [-0.2, -0.15) is 0 Å². The Hall–Kier alpha value is -1.45. The summed E-state index contributed by atoms with van der Waals surface area (Å²) in [5.74, 6) is 0.539. The first kappa shape index (κ1) is 13.0. The van der Waals surface area contributed by atoms with Crippen molar-refractivity contribution in [2.45, 2.75) is 4.34 Å². The minimum Gasteiger partial charge on any atom is -0.384 e. The van der Waals surface area contributed by atoms with Crippen LogP contribution in [0, 0.1) is 0 Å². The Labute approximate surface area is 111 Å². The summed E-state index contributed by atoms with van der Waals surface area (Å²) in [4.78, 5) is 11.6. The van der Waals surface area contributed by atoms with Crippen LogP contribution in [0.3, 0.4) is 0 Å². The normalized spacial score (nSPS) is 10.5. The molecule has 2 heterocycles. The highest BCUT2D eigenvalue weighted by atomic mass is 32.2. The van der Waals surface area contributed by atoms with Crippen molar-refractivity contribution in [3.05, 3.63) is 18.0 Å². The van der Waals surface area contributed by atoms with E-state index >= 15 is 0 Å². The van der Waals surface area contributed by atoms with Crippen molar-refractivity contribution in [3.63, 3.8) is 0 Å². The number of methoxy groups -OCH3 is 1. The minimum atomic E-state index is -0.392. The number of ether oxygens (including phenoxy) is 1. The van der Waals surface area contributed by atoms with Gasteiger partial charge in [-0.25, -0.2) is 0 Å². The van der Waals surface area contributed by atoms with Crippen LogP contribution in [-0.4, -0.2) is 40.7 Å². The van der Waals surface area contributed by atoms with E-state index in [2.05, 4.69) is 20.7 Å². The van der Waals surface area contributed by atoms with Crippen molar-refractivity contribution in [3.8, 4) is 0 Å². The maximum absolute atomic E-state index is 11.6. The molecule has 0 aliphatic carbocycles. The van der Waals surface area contributed by atoms with Gasteiger partial charge >= 0.3 is 0 Å². The predicted octanol–water partition coefficient (Wildman–Crippen LogP) is 1.52. The van der Waals surface area contributed by atoms with E-state index in [-0.39, 0.29) is 5.76 Å². The molecule has 18 heavy (non-hydrogen) atoms. The number of anilines is 1. The summed E-state index contributed by atoms with van der Waals surface area (Å²) in [6.45, 7) is 0.643. The first-order chi connectivity index (χ1) is 8.79. The molecule has 7 nitrogen and oxygen atoms in total. The highest BCUT2D eigenvalue weighted by Crippen LogP contribution is 2.25. The van der Waals surface area contributed by atoms with E-state index in [1.807, 2.05) is 0 Å². The number of rotatable bonds is 6. The number of thioether (sulfide) groups is 1. The van der Waals surface area contributed by atoms with E-state index in [1.165, 1.54) is 35.4 Å². The molecule has 96 valence electrons. The quantitative estimate of drug-likeness (QED) is 0.489. The van der Waals surface area contributed by atoms with Crippen LogP contribution in [0.5, 0.6) is 0 Å². The van der Waals surface area contributed by atoms with Crippen molar-refractivity contribution in [2.24, 2.45) is 0 Å². The Kier molecular flexibility index (Phi) is 4.67. The maximum Gasteiger partial charge on any atom is 0.296 e. The number of nitrogens with one attached hydrogen (secondary N) is 1. The van der Waals surface area contributed by atoms with E-state index in [9.17, 15) is 4.79 Å². The third-order valence-corrected chi connectivity index (χ3v) is 3.74. The van der Waals surface area contributed by atoms with Crippen LogP contribution in [-0.2, 0) is 4.74 Å². The first-order valence-electron chi connectivity index (χ1n) is 4.97. The number of carbonyl (C=O) groups is 1. The summed E-state index contributed by atoms with van der Waals surface area (Å²) >= 11 is 2.82. The van der Waals surface area contributed by atoms with Crippen molar-refractivity contribution in [1.29, 1.82) is 0 Å². The predicted molar refractivity (Wildman–Crippen MR) is 67.0 cm³/mol. The lowest BCUT2D eigenvalue weighted by atomic mass is 10.4. The van der Waals surface area contributed by atoms with Gasteiger partial charge in [0.1, 0.15) is 0 Å². The molecule has 2 rings (SSSR count). The Balaban J connectivity index is 1.88. The molecule has 0 radical (unpaired) electrons. The molecule has 0 atom stereocenters. The number of hydrogen-bond acceptors (Lipinski definition) is 8. The van der Waals surface area contributed by atoms with Crippen LogP contribution < -0.4 is 5.32 Å². The second-order valence-corrected chi connectivity index (χ2v) is 5.36. The van der Waals surface area contributed by atoms with Crippen LogP contribution in [0.1, 0.15) is 10.6 Å². The molecule has 2 aromatic heterocycles. The summed E-state index contributed by atoms with van der Waals surface area (Å²) in [5, 5.41) is 14.3. The maximum atomic E-state index is 11.6. The summed E-state index contributed by atoms with van der Waals surface area (Å²) in [7, 11) is 1.64. The SMILES string of the molecule is COCCSc1nnc(NC(=O)c2ccno2)s1. The summed E-state index contributed by atoms with van der Waals surface area (Å²) in [6, 6.07) is 1.48. The van der Waals surface area contributed by atoms with Gasteiger partial charge < -0.3 is 9.26 Å². The van der Waals surface area contributed by atoms with E-state index in [0.717, 1.165) is 10.1 Å². The Bertz CT molecular complexity index is 500. The van der Waals surface area contributed by atoms with Crippen LogP contribution in [0.15, 0.2) is 21.1 Å². The zero-order valence-corrected chi connectivity index (χ0v) is 11.1. The van der Waals surface area contributed by atoms with E-state index in [4.69, 9.17) is 9.26 Å². The number of aromatic nitrogens is 3. The molecule has 2 aromatic rings. The average molecular weight is 286 g/mol. The molecule has 9 heteroatoms. The first-order valence-corrected chi connectivity index (χ1v) is 6.77. The van der Waals surface area contributed by atoms with Gasteiger partial charge in [-0.05, 0) is 0 Å². The van der Waals surface area contributed by atoms with Crippen LogP contribution in [0.2, 0.25) is 0 Å². The van der Waals surface area contributed by atoms with Crippen molar-refractivity contribution in [1.82, 2.24) is 15.4 Å². The zero-order valence-electron chi connectivity index (χ0n) is 9.45. The molecule has 0 spiro atoms. The molecule has 0 fully saturated rings. The van der Waals surface area contributed by atoms with Crippen molar-refractivity contribution >= 4 is 34.1 Å². The standard InChI is InChI=1S/C9H10N4O3S2/c1-15-4-5-17-9-13-12-8(18-9)11-7(14)6-2-3-10-16-6/h2-3H,4-5H2,1H3,(H,11,12,14). The second kappa shape index (κ2) is 6.47. The van der Waals surface area contributed by atoms with Crippen LogP contribution in [0.4, 0.5) is 5.13 Å². The molecular formula is C9H10N4O3S2. The second-order valence-electron chi connectivity index (χ2n) is 3.05.